The average Bonchev–Trinajstić information content (AvgIpc) is 3.14. The van der Waals surface area contributed by atoms with Crippen LogP contribution in [0, 0.1) is 0 Å². The largest absolute Gasteiger partial charge is 0.379 e. The van der Waals surface area contributed by atoms with E-state index in [-0.39, 0.29) is 22.8 Å². The second-order valence-corrected chi connectivity index (χ2v) is 10.2. The lowest BCUT2D eigenvalue weighted by Crippen LogP contribution is -2.50. The number of benzene rings is 1. The summed E-state index contributed by atoms with van der Waals surface area (Å²) in [6, 6.07) is 4.31. The number of rotatable bonds is 4. The third-order valence-corrected chi connectivity index (χ3v) is 8.13. The van der Waals surface area contributed by atoms with Crippen molar-refractivity contribution in [3.63, 3.8) is 0 Å². The van der Waals surface area contributed by atoms with Crippen LogP contribution in [0.4, 0.5) is 5.69 Å². The molecule has 2 heterocycles. The minimum absolute atomic E-state index is 0.154. The van der Waals surface area contributed by atoms with E-state index in [1.54, 1.807) is 12.1 Å². The third-order valence-electron chi connectivity index (χ3n) is 6.24. The number of morpholine rings is 1. The number of amides is 2. The van der Waals surface area contributed by atoms with Gasteiger partial charge in [-0.3, -0.25) is 14.5 Å². The zero-order valence-corrected chi connectivity index (χ0v) is 18.1. The topological polar surface area (TPSA) is 96.0 Å². The van der Waals surface area contributed by atoms with Crippen molar-refractivity contribution in [3.05, 3.63) is 23.8 Å². The molecule has 2 aliphatic heterocycles. The molecule has 1 saturated carbocycles. The number of nitrogens with one attached hydrogen (secondary N) is 1. The number of carbonyl (C=O) groups excluding carboxylic acids is 2. The van der Waals surface area contributed by atoms with Crippen LogP contribution < -0.4 is 10.2 Å². The Morgan fingerprint density at radius 3 is 2.47 bits per heavy atom. The van der Waals surface area contributed by atoms with Crippen molar-refractivity contribution >= 4 is 27.5 Å². The number of hydrogen-bond acceptors (Lipinski definition) is 5. The molecular weight excluding hydrogens is 406 g/mol. The fourth-order valence-corrected chi connectivity index (χ4v) is 6.13. The van der Waals surface area contributed by atoms with Crippen molar-refractivity contribution in [2.45, 2.75) is 62.4 Å². The Kier molecular flexibility index (Phi) is 6.13. The van der Waals surface area contributed by atoms with E-state index >= 15 is 0 Å². The first-order valence-electron chi connectivity index (χ1n) is 10.7. The van der Waals surface area contributed by atoms with Crippen LogP contribution >= 0.6 is 0 Å². The number of carbonyl (C=O) groups is 2. The predicted molar refractivity (Wildman–Crippen MR) is 112 cm³/mol. The van der Waals surface area contributed by atoms with E-state index < -0.39 is 16.1 Å². The lowest BCUT2D eigenvalue weighted by atomic mass is 9.95. The molecule has 30 heavy (non-hydrogen) atoms. The van der Waals surface area contributed by atoms with Gasteiger partial charge in [0, 0.05) is 38.2 Å². The molecular formula is C21H29N3O5S. The first kappa shape index (κ1) is 21.3. The van der Waals surface area contributed by atoms with Crippen LogP contribution in [0.3, 0.4) is 0 Å². The summed E-state index contributed by atoms with van der Waals surface area (Å²) in [7, 11) is -3.63. The zero-order valence-electron chi connectivity index (χ0n) is 17.3. The minimum Gasteiger partial charge on any atom is -0.379 e. The lowest BCUT2D eigenvalue weighted by molar-refractivity contribution is -0.126. The Balaban J connectivity index is 1.57. The van der Waals surface area contributed by atoms with Gasteiger partial charge in [0.2, 0.25) is 21.8 Å². The Bertz CT molecular complexity index is 921. The molecule has 4 rings (SSSR count). The Hall–Kier alpha value is -1.97. The highest BCUT2D eigenvalue weighted by Crippen LogP contribution is 2.35. The fourth-order valence-electron chi connectivity index (χ4n) is 4.67. The van der Waals surface area contributed by atoms with Gasteiger partial charge in [-0.2, -0.15) is 4.31 Å². The van der Waals surface area contributed by atoms with Crippen LogP contribution in [-0.2, 0) is 30.8 Å². The van der Waals surface area contributed by atoms with Crippen LogP contribution in [-0.4, -0.2) is 62.9 Å². The van der Waals surface area contributed by atoms with Gasteiger partial charge in [0.1, 0.15) is 6.04 Å². The quantitative estimate of drug-likeness (QED) is 0.772. The number of nitrogens with zero attached hydrogens (tertiary/aromatic N) is 2. The summed E-state index contributed by atoms with van der Waals surface area (Å²) >= 11 is 0. The lowest BCUT2D eigenvalue weighted by Gasteiger charge is -2.28. The maximum absolute atomic E-state index is 13.0. The molecule has 2 amide bonds. The summed E-state index contributed by atoms with van der Waals surface area (Å²) in [6.45, 7) is 2.85. The van der Waals surface area contributed by atoms with Crippen LogP contribution in [0.15, 0.2) is 23.1 Å². The summed E-state index contributed by atoms with van der Waals surface area (Å²) in [5, 5.41) is 3.10. The maximum atomic E-state index is 13.0. The van der Waals surface area contributed by atoms with Gasteiger partial charge in [0.25, 0.3) is 0 Å². The zero-order chi connectivity index (χ0) is 21.3. The summed E-state index contributed by atoms with van der Waals surface area (Å²) in [5.41, 5.74) is 1.33. The first-order valence-corrected chi connectivity index (χ1v) is 12.1. The Morgan fingerprint density at radius 1 is 1.10 bits per heavy atom. The van der Waals surface area contributed by atoms with Crippen molar-refractivity contribution in [1.29, 1.82) is 0 Å². The summed E-state index contributed by atoms with van der Waals surface area (Å²) in [5.74, 6) is -0.382. The van der Waals surface area contributed by atoms with E-state index in [0.717, 1.165) is 25.7 Å². The summed E-state index contributed by atoms with van der Waals surface area (Å²) in [4.78, 5) is 27.0. The molecule has 1 unspecified atom stereocenters. The molecule has 1 atom stereocenters. The Morgan fingerprint density at radius 2 is 1.80 bits per heavy atom. The molecule has 1 saturated heterocycles. The second kappa shape index (κ2) is 8.64. The van der Waals surface area contributed by atoms with Crippen LogP contribution in [0.1, 0.15) is 44.6 Å². The Labute approximate surface area is 177 Å². The highest BCUT2D eigenvalue weighted by Gasteiger charge is 2.39. The van der Waals surface area contributed by atoms with E-state index in [1.165, 1.54) is 28.6 Å². The molecule has 0 bridgehead atoms. The molecule has 1 aromatic carbocycles. The molecule has 8 nitrogen and oxygen atoms in total. The predicted octanol–water partition coefficient (Wildman–Crippen LogP) is 1.43. The number of ether oxygens (including phenoxy) is 1. The van der Waals surface area contributed by atoms with E-state index in [1.807, 2.05) is 0 Å². The molecule has 0 aromatic heterocycles. The van der Waals surface area contributed by atoms with Crippen LogP contribution in [0.25, 0.3) is 0 Å². The van der Waals surface area contributed by atoms with Gasteiger partial charge in [-0.25, -0.2) is 8.42 Å². The van der Waals surface area contributed by atoms with E-state index in [0.29, 0.717) is 44.0 Å². The van der Waals surface area contributed by atoms with E-state index in [2.05, 4.69) is 5.32 Å². The highest BCUT2D eigenvalue weighted by atomic mass is 32.2. The van der Waals surface area contributed by atoms with Crippen molar-refractivity contribution < 1.29 is 22.7 Å². The van der Waals surface area contributed by atoms with E-state index in [9.17, 15) is 18.0 Å². The van der Waals surface area contributed by atoms with Crippen molar-refractivity contribution in [3.8, 4) is 0 Å². The van der Waals surface area contributed by atoms with Gasteiger partial charge in [-0.1, -0.05) is 19.3 Å². The van der Waals surface area contributed by atoms with Crippen molar-refractivity contribution in [2.24, 2.45) is 0 Å². The molecule has 0 radical (unpaired) electrons. The highest BCUT2D eigenvalue weighted by molar-refractivity contribution is 7.89. The minimum atomic E-state index is -3.63. The van der Waals surface area contributed by atoms with Gasteiger partial charge in [0.05, 0.1) is 18.1 Å². The monoisotopic (exact) mass is 435 g/mol. The fraction of sp³-hybridized carbons (Fsp3) is 0.619. The SMILES string of the molecule is CC(=O)N1c2ccc(S(=O)(=O)N3CCOCC3)cc2CC1C(=O)NC1CCCCC1. The van der Waals surface area contributed by atoms with Gasteiger partial charge < -0.3 is 10.1 Å². The molecule has 1 aliphatic carbocycles. The number of anilines is 1. The molecule has 1 N–H and O–H groups in total. The maximum Gasteiger partial charge on any atom is 0.243 e. The second-order valence-electron chi connectivity index (χ2n) is 8.26. The molecule has 1 aromatic rings. The molecule has 3 aliphatic rings. The van der Waals surface area contributed by atoms with Crippen molar-refractivity contribution in [1.82, 2.24) is 9.62 Å². The van der Waals surface area contributed by atoms with Gasteiger partial charge in [-0.15, -0.1) is 0 Å². The van der Waals surface area contributed by atoms with Crippen LogP contribution in [0.2, 0.25) is 0 Å². The first-order chi connectivity index (χ1) is 14.4. The van der Waals surface area contributed by atoms with Crippen molar-refractivity contribution in [2.75, 3.05) is 31.2 Å². The number of fused-ring (bicyclic) bond motifs is 1. The average molecular weight is 436 g/mol. The number of sulfonamides is 1. The molecule has 0 spiro atoms. The standard InChI is InChI=1S/C21H29N3O5S/c1-15(25)24-19-8-7-18(30(27,28)23-9-11-29-12-10-23)13-16(19)14-20(24)21(26)22-17-5-3-2-4-6-17/h7-8,13,17,20H,2-6,9-12,14H2,1H3,(H,22,26). The third kappa shape index (κ3) is 4.10. The molecule has 9 heteroatoms. The van der Waals surface area contributed by atoms with Gasteiger partial charge in [-0.05, 0) is 36.6 Å². The smallest absolute Gasteiger partial charge is 0.243 e. The van der Waals surface area contributed by atoms with Gasteiger partial charge in [0.15, 0.2) is 0 Å². The van der Waals surface area contributed by atoms with E-state index in [4.69, 9.17) is 4.74 Å². The summed E-state index contributed by atoms with van der Waals surface area (Å²) < 4.78 is 32.7. The molecule has 164 valence electrons. The summed E-state index contributed by atoms with van der Waals surface area (Å²) in [6.07, 6.45) is 5.66. The normalized spacial score (nSPS) is 23.2. The van der Waals surface area contributed by atoms with Gasteiger partial charge >= 0.3 is 0 Å². The molecule has 2 fully saturated rings. The van der Waals surface area contributed by atoms with Crippen LogP contribution in [0.5, 0.6) is 0 Å². The number of hydrogen-bond donors (Lipinski definition) is 1.